The predicted molar refractivity (Wildman–Crippen MR) is 84.2 cm³/mol. The van der Waals surface area contributed by atoms with Crippen molar-refractivity contribution in [3.8, 4) is 0 Å². The smallest absolute Gasteiger partial charge is 0.313 e. The van der Waals surface area contributed by atoms with E-state index < -0.39 is 17.9 Å². The number of amides is 2. The second-order valence-corrected chi connectivity index (χ2v) is 4.89. The summed E-state index contributed by atoms with van der Waals surface area (Å²) in [4.78, 5) is 23.9. The number of benzene rings is 2. The molecule has 0 aliphatic heterocycles. The van der Waals surface area contributed by atoms with Crippen LogP contribution in [0.3, 0.4) is 0 Å². The van der Waals surface area contributed by atoms with Crippen molar-refractivity contribution < 1.29 is 14.7 Å². The maximum absolute atomic E-state index is 12.0. The fourth-order valence-corrected chi connectivity index (χ4v) is 2.04. The summed E-state index contributed by atoms with van der Waals surface area (Å²) in [7, 11) is 0. The molecule has 3 N–H and O–H groups in total. The van der Waals surface area contributed by atoms with Gasteiger partial charge in [-0.1, -0.05) is 48.5 Å². The van der Waals surface area contributed by atoms with Crippen molar-refractivity contribution in [1.29, 1.82) is 0 Å². The first-order chi connectivity index (χ1) is 10.6. The number of aliphatic hydroxyl groups excluding tert-OH is 1. The van der Waals surface area contributed by atoms with Crippen molar-refractivity contribution >= 4 is 17.5 Å². The van der Waals surface area contributed by atoms with E-state index in [0.717, 1.165) is 11.1 Å². The second kappa shape index (κ2) is 7.38. The summed E-state index contributed by atoms with van der Waals surface area (Å²) in [5, 5.41) is 14.5. The number of aryl methyl sites for hydroxylation is 1. The van der Waals surface area contributed by atoms with Gasteiger partial charge in [0.1, 0.15) is 0 Å². The molecule has 5 nitrogen and oxygen atoms in total. The summed E-state index contributed by atoms with van der Waals surface area (Å²) in [5.74, 6) is -1.55. The lowest BCUT2D eigenvalue weighted by atomic mass is 10.1. The number of para-hydroxylation sites is 1. The minimum atomic E-state index is -0.786. The van der Waals surface area contributed by atoms with Crippen LogP contribution in [-0.2, 0) is 9.59 Å². The van der Waals surface area contributed by atoms with Crippen molar-refractivity contribution in [2.75, 3.05) is 11.9 Å². The number of rotatable bonds is 4. The van der Waals surface area contributed by atoms with Crippen LogP contribution in [0, 0.1) is 6.92 Å². The van der Waals surface area contributed by atoms with Crippen molar-refractivity contribution in [2.24, 2.45) is 0 Å². The topological polar surface area (TPSA) is 78.4 Å². The Kier molecular flexibility index (Phi) is 5.27. The normalized spacial score (nSPS) is 11.5. The summed E-state index contributed by atoms with van der Waals surface area (Å²) in [6.07, 6.45) is 0. The van der Waals surface area contributed by atoms with Crippen LogP contribution in [0.5, 0.6) is 0 Å². The van der Waals surface area contributed by atoms with Crippen LogP contribution < -0.4 is 10.6 Å². The molecule has 0 aromatic heterocycles. The van der Waals surface area contributed by atoms with Crippen LogP contribution >= 0.6 is 0 Å². The molecule has 0 aliphatic carbocycles. The van der Waals surface area contributed by atoms with E-state index in [4.69, 9.17) is 0 Å². The monoisotopic (exact) mass is 298 g/mol. The van der Waals surface area contributed by atoms with E-state index in [0.29, 0.717) is 5.69 Å². The molecule has 0 saturated carbocycles. The van der Waals surface area contributed by atoms with E-state index in [1.54, 1.807) is 36.4 Å². The van der Waals surface area contributed by atoms with Gasteiger partial charge in [0.05, 0.1) is 12.6 Å². The van der Waals surface area contributed by atoms with Gasteiger partial charge in [-0.2, -0.15) is 0 Å². The Morgan fingerprint density at radius 2 is 1.64 bits per heavy atom. The molecule has 0 radical (unpaired) electrons. The van der Waals surface area contributed by atoms with Gasteiger partial charge in [0.25, 0.3) is 0 Å². The van der Waals surface area contributed by atoms with Gasteiger partial charge in [-0.25, -0.2) is 0 Å². The first-order valence-electron chi connectivity index (χ1n) is 6.95. The van der Waals surface area contributed by atoms with E-state index in [1.807, 2.05) is 25.1 Å². The molecule has 0 spiro atoms. The number of hydrogen-bond donors (Lipinski definition) is 3. The molecule has 2 aromatic rings. The molecule has 1 atom stereocenters. The van der Waals surface area contributed by atoms with E-state index in [9.17, 15) is 14.7 Å². The maximum atomic E-state index is 12.0. The van der Waals surface area contributed by atoms with Crippen LogP contribution in [0.4, 0.5) is 5.69 Å². The zero-order valence-electron chi connectivity index (χ0n) is 12.2. The molecule has 2 aromatic carbocycles. The Balaban J connectivity index is 2.02. The van der Waals surface area contributed by atoms with Gasteiger partial charge in [0, 0.05) is 5.69 Å². The van der Waals surface area contributed by atoms with Crippen molar-refractivity contribution in [2.45, 2.75) is 13.0 Å². The molecule has 114 valence electrons. The first-order valence-corrected chi connectivity index (χ1v) is 6.95. The van der Waals surface area contributed by atoms with Gasteiger partial charge in [-0.05, 0) is 24.1 Å². The van der Waals surface area contributed by atoms with Crippen LogP contribution in [-0.4, -0.2) is 23.5 Å². The van der Waals surface area contributed by atoms with Gasteiger partial charge in [0.15, 0.2) is 0 Å². The summed E-state index contributed by atoms with van der Waals surface area (Å²) in [5.41, 5.74) is 2.19. The molecule has 2 amide bonds. The fourth-order valence-electron chi connectivity index (χ4n) is 2.04. The standard InChI is InChI=1S/C17H18N2O3/c1-12-7-5-6-10-14(12)18-16(21)17(22)19-15(11-20)13-8-3-2-4-9-13/h2-10,15,20H,11H2,1H3,(H,18,21)(H,19,22). The molecule has 0 aliphatic rings. The van der Waals surface area contributed by atoms with E-state index in [1.165, 1.54) is 0 Å². The molecular weight excluding hydrogens is 280 g/mol. The number of carbonyl (C=O) groups excluding carboxylic acids is 2. The zero-order chi connectivity index (χ0) is 15.9. The van der Waals surface area contributed by atoms with Gasteiger partial charge < -0.3 is 15.7 Å². The Hall–Kier alpha value is -2.66. The summed E-state index contributed by atoms with van der Waals surface area (Å²) in [6, 6.07) is 15.6. The number of nitrogens with one attached hydrogen (secondary N) is 2. The molecule has 22 heavy (non-hydrogen) atoms. The van der Waals surface area contributed by atoms with Crippen LogP contribution in [0.2, 0.25) is 0 Å². The summed E-state index contributed by atoms with van der Waals surface area (Å²) < 4.78 is 0. The van der Waals surface area contributed by atoms with Crippen LogP contribution in [0.1, 0.15) is 17.2 Å². The highest BCUT2D eigenvalue weighted by molar-refractivity contribution is 6.39. The molecule has 5 heteroatoms. The van der Waals surface area contributed by atoms with Crippen LogP contribution in [0.15, 0.2) is 54.6 Å². The third-order valence-corrected chi connectivity index (χ3v) is 3.29. The van der Waals surface area contributed by atoms with Crippen molar-refractivity contribution in [3.05, 3.63) is 65.7 Å². The zero-order valence-corrected chi connectivity index (χ0v) is 12.2. The third-order valence-electron chi connectivity index (χ3n) is 3.29. The Bertz CT molecular complexity index is 656. The third kappa shape index (κ3) is 3.93. The molecular formula is C17H18N2O3. The lowest BCUT2D eigenvalue weighted by Gasteiger charge is -2.16. The van der Waals surface area contributed by atoms with E-state index in [2.05, 4.69) is 10.6 Å². The maximum Gasteiger partial charge on any atom is 0.313 e. The van der Waals surface area contributed by atoms with Crippen molar-refractivity contribution in [1.82, 2.24) is 5.32 Å². The molecule has 0 bridgehead atoms. The number of hydrogen-bond acceptors (Lipinski definition) is 3. The number of carbonyl (C=O) groups is 2. The Labute approximate surface area is 129 Å². The summed E-state index contributed by atoms with van der Waals surface area (Å²) >= 11 is 0. The van der Waals surface area contributed by atoms with E-state index in [-0.39, 0.29) is 6.61 Å². The average molecular weight is 298 g/mol. The molecule has 0 heterocycles. The predicted octanol–water partition coefficient (Wildman–Crippen LogP) is 1.78. The van der Waals surface area contributed by atoms with Gasteiger partial charge in [-0.3, -0.25) is 9.59 Å². The Morgan fingerprint density at radius 1 is 1.00 bits per heavy atom. The van der Waals surface area contributed by atoms with Crippen molar-refractivity contribution in [3.63, 3.8) is 0 Å². The fraction of sp³-hybridized carbons (Fsp3) is 0.176. The Morgan fingerprint density at radius 3 is 2.27 bits per heavy atom. The highest BCUT2D eigenvalue weighted by Crippen LogP contribution is 2.14. The summed E-state index contributed by atoms with van der Waals surface area (Å²) in [6.45, 7) is 1.56. The average Bonchev–Trinajstić information content (AvgIpc) is 2.55. The highest BCUT2D eigenvalue weighted by Gasteiger charge is 2.19. The lowest BCUT2D eigenvalue weighted by molar-refractivity contribution is -0.136. The van der Waals surface area contributed by atoms with Gasteiger partial charge in [0.2, 0.25) is 0 Å². The second-order valence-electron chi connectivity index (χ2n) is 4.89. The lowest BCUT2D eigenvalue weighted by Crippen LogP contribution is -2.39. The molecule has 0 fully saturated rings. The van der Waals surface area contributed by atoms with E-state index >= 15 is 0 Å². The highest BCUT2D eigenvalue weighted by atomic mass is 16.3. The quantitative estimate of drug-likeness (QED) is 0.753. The minimum absolute atomic E-state index is 0.284. The number of anilines is 1. The largest absolute Gasteiger partial charge is 0.394 e. The minimum Gasteiger partial charge on any atom is -0.394 e. The van der Waals surface area contributed by atoms with Gasteiger partial charge in [-0.15, -0.1) is 0 Å². The number of aliphatic hydroxyl groups is 1. The van der Waals surface area contributed by atoms with Gasteiger partial charge >= 0.3 is 11.8 Å². The SMILES string of the molecule is Cc1ccccc1NC(=O)C(=O)NC(CO)c1ccccc1. The molecule has 2 rings (SSSR count). The van der Waals surface area contributed by atoms with Crippen LogP contribution in [0.25, 0.3) is 0 Å². The first kappa shape index (κ1) is 15.7. The molecule has 0 saturated heterocycles. The molecule has 1 unspecified atom stereocenters.